The van der Waals surface area contributed by atoms with E-state index in [2.05, 4.69) is 56.2 Å². The van der Waals surface area contributed by atoms with Crippen LogP contribution in [-0.2, 0) is 17.8 Å². The first-order valence-electron chi connectivity index (χ1n) is 12.8. The number of benzene rings is 1. The monoisotopic (exact) mass is 567 g/mol. The molecule has 6 nitrogen and oxygen atoms in total. The lowest BCUT2D eigenvalue weighted by Crippen LogP contribution is -2.42. The van der Waals surface area contributed by atoms with Crippen molar-refractivity contribution in [3.05, 3.63) is 51.4 Å². The quantitative estimate of drug-likeness (QED) is 0.407. The molecule has 2 fully saturated rings. The Labute approximate surface area is 224 Å². The molecule has 2 amide bonds. The molecule has 6 rings (SSSR count). The summed E-state index contributed by atoms with van der Waals surface area (Å²) in [5.41, 5.74) is 5.32. The summed E-state index contributed by atoms with van der Waals surface area (Å²) in [6.45, 7) is 3.39. The molecule has 8 heteroatoms. The average molecular weight is 569 g/mol. The molecule has 0 bridgehead atoms. The second-order valence-electron chi connectivity index (χ2n) is 9.91. The number of rotatable bonds is 4. The number of hydrogen-bond donors (Lipinski definition) is 0. The minimum Gasteiger partial charge on any atom is -0.496 e. The van der Waals surface area contributed by atoms with Gasteiger partial charge in [-0.2, -0.15) is 0 Å². The normalized spacial score (nSPS) is 17.7. The van der Waals surface area contributed by atoms with Crippen LogP contribution >= 0.6 is 27.3 Å². The number of thiophene rings is 1. The van der Waals surface area contributed by atoms with Gasteiger partial charge in [-0.25, -0.2) is 0 Å². The first kappa shape index (κ1) is 23.8. The van der Waals surface area contributed by atoms with Gasteiger partial charge in [0.05, 0.1) is 17.3 Å². The summed E-state index contributed by atoms with van der Waals surface area (Å²) in [6, 6.07) is 10.5. The van der Waals surface area contributed by atoms with E-state index in [1.165, 1.54) is 5.56 Å². The van der Waals surface area contributed by atoms with Gasteiger partial charge < -0.3 is 19.1 Å². The van der Waals surface area contributed by atoms with Crippen molar-refractivity contribution in [3.8, 4) is 27.4 Å². The predicted molar refractivity (Wildman–Crippen MR) is 146 cm³/mol. The summed E-state index contributed by atoms with van der Waals surface area (Å²) >= 11 is 5.36. The van der Waals surface area contributed by atoms with Crippen LogP contribution in [0.4, 0.5) is 0 Å². The lowest BCUT2D eigenvalue weighted by Gasteiger charge is -2.31. The van der Waals surface area contributed by atoms with Crippen LogP contribution in [0.1, 0.15) is 41.7 Å². The molecule has 3 aromatic rings. The number of fused-ring (bicyclic) bond motifs is 3. The van der Waals surface area contributed by atoms with Crippen molar-refractivity contribution in [2.75, 3.05) is 33.3 Å². The summed E-state index contributed by atoms with van der Waals surface area (Å²) in [7, 11) is 1.69. The summed E-state index contributed by atoms with van der Waals surface area (Å²) in [6.07, 6.45) is 4.86. The first-order chi connectivity index (χ1) is 17.5. The van der Waals surface area contributed by atoms with Gasteiger partial charge in [0, 0.05) is 54.6 Å². The number of nitrogens with zero attached hydrogens (tertiary/aromatic N) is 3. The third-order valence-corrected chi connectivity index (χ3v) is 9.41. The second-order valence-corrected chi connectivity index (χ2v) is 11.7. The topological polar surface area (TPSA) is 54.8 Å². The minimum atomic E-state index is 0.0630. The minimum absolute atomic E-state index is 0.0630. The third kappa shape index (κ3) is 4.08. The highest BCUT2D eigenvalue weighted by Crippen LogP contribution is 2.44. The zero-order chi connectivity index (χ0) is 24.8. The maximum Gasteiger partial charge on any atom is 0.270 e. The van der Waals surface area contributed by atoms with Gasteiger partial charge in [-0.1, -0.05) is 12.5 Å². The molecule has 0 radical (unpaired) electrons. The Balaban J connectivity index is 1.34. The number of aryl methyl sites for hydroxylation is 1. The van der Waals surface area contributed by atoms with Crippen LogP contribution in [0.5, 0.6) is 5.75 Å². The molecule has 1 aliphatic carbocycles. The van der Waals surface area contributed by atoms with Gasteiger partial charge in [0.1, 0.15) is 11.4 Å². The fourth-order valence-corrected chi connectivity index (χ4v) is 6.94. The van der Waals surface area contributed by atoms with E-state index < -0.39 is 0 Å². The Hall–Kier alpha value is -2.58. The molecular weight excluding hydrogens is 538 g/mol. The number of methoxy groups -OCH3 is 1. The number of carbonyl (C=O) groups excluding carboxylic acids is 2. The molecule has 2 aliphatic heterocycles. The molecule has 0 spiro atoms. The first-order valence-corrected chi connectivity index (χ1v) is 14.4. The highest BCUT2D eigenvalue weighted by molar-refractivity contribution is 9.10. The van der Waals surface area contributed by atoms with Crippen molar-refractivity contribution >= 4 is 39.1 Å². The zero-order valence-electron chi connectivity index (χ0n) is 20.5. The van der Waals surface area contributed by atoms with Gasteiger partial charge in [0.2, 0.25) is 5.91 Å². The van der Waals surface area contributed by atoms with Gasteiger partial charge in [-0.15, -0.1) is 11.3 Å². The molecule has 2 aromatic heterocycles. The van der Waals surface area contributed by atoms with Gasteiger partial charge in [0.25, 0.3) is 5.91 Å². The second kappa shape index (κ2) is 9.71. The number of amides is 2. The summed E-state index contributed by atoms with van der Waals surface area (Å²) in [5.74, 6) is 1.38. The van der Waals surface area contributed by atoms with Crippen LogP contribution in [0.2, 0.25) is 0 Å². The Morgan fingerprint density at radius 2 is 1.81 bits per heavy atom. The van der Waals surface area contributed by atoms with Crippen molar-refractivity contribution in [2.45, 2.75) is 38.6 Å². The van der Waals surface area contributed by atoms with Gasteiger partial charge in [0.15, 0.2) is 0 Å². The number of aromatic nitrogens is 1. The van der Waals surface area contributed by atoms with Gasteiger partial charge >= 0.3 is 0 Å². The third-order valence-electron chi connectivity index (χ3n) is 7.89. The smallest absolute Gasteiger partial charge is 0.270 e. The number of ether oxygens (including phenoxy) is 1. The van der Waals surface area contributed by atoms with E-state index in [-0.39, 0.29) is 17.7 Å². The largest absolute Gasteiger partial charge is 0.496 e. The maximum atomic E-state index is 13.9. The summed E-state index contributed by atoms with van der Waals surface area (Å²) < 4.78 is 8.67. The lowest BCUT2D eigenvalue weighted by molar-refractivity contribution is -0.138. The van der Waals surface area contributed by atoms with Crippen molar-refractivity contribution in [3.63, 3.8) is 0 Å². The van der Waals surface area contributed by atoms with Crippen LogP contribution in [0.15, 0.2) is 40.2 Å². The standard InChI is InChI=1S/C28H30BrN3O3S/c1-35-24-15-19-8-11-32-23(17-21(25-7-3-14-36-25)26(32)20(19)16-22(24)29)28(34)31-10-4-9-30(12-13-31)27(33)18-5-2-6-18/h3,7,14-18H,2,4-6,8-13H2,1H3. The van der Waals surface area contributed by atoms with E-state index in [0.717, 1.165) is 82.8 Å². The summed E-state index contributed by atoms with van der Waals surface area (Å²) in [5, 5.41) is 2.08. The number of carbonyl (C=O) groups is 2. The Bertz CT molecular complexity index is 1310. The van der Waals surface area contributed by atoms with Crippen LogP contribution < -0.4 is 4.74 Å². The number of hydrogen-bond acceptors (Lipinski definition) is 4. The van der Waals surface area contributed by atoms with Crippen molar-refractivity contribution < 1.29 is 14.3 Å². The zero-order valence-corrected chi connectivity index (χ0v) is 22.9. The van der Waals surface area contributed by atoms with Crippen LogP contribution in [-0.4, -0.2) is 59.5 Å². The van der Waals surface area contributed by atoms with E-state index >= 15 is 0 Å². The molecular formula is C28H30BrN3O3S. The van der Waals surface area contributed by atoms with E-state index in [4.69, 9.17) is 4.74 Å². The molecule has 1 aromatic carbocycles. The van der Waals surface area contributed by atoms with E-state index in [1.54, 1.807) is 18.4 Å². The SMILES string of the molecule is COc1cc2c(cc1Br)-c1c(-c3cccs3)cc(C(=O)N3CCCN(C(=O)C4CCC4)CC3)n1CC2. The molecule has 0 atom stereocenters. The van der Waals surface area contributed by atoms with Crippen LogP contribution in [0.25, 0.3) is 21.7 Å². The predicted octanol–water partition coefficient (Wildman–Crippen LogP) is 5.69. The van der Waals surface area contributed by atoms with Crippen LogP contribution in [0, 0.1) is 5.92 Å². The van der Waals surface area contributed by atoms with E-state index in [9.17, 15) is 9.59 Å². The molecule has 188 valence electrons. The highest BCUT2D eigenvalue weighted by Gasteiger charge is 2.33. The van der Waals surface area contributed by atoms with Crippen molar-refractivity contribution in [1.29, 1.82) is 0 Å². The van der Waals surface area contributed by atoms with Gasteiger partial charge in [-0.05, 0) is 76.8 Å². The van der Waals surface area contributed by atoms with E-state index in [1.807, 2.05) is 9.80 Å². The molecule has 4 heterocycles. The van der Waals surface area contributed by atoms with Gasteiger partial charge in [-0.3, -0.25) is 9.59 Å². The van der Waals surface area contributed by atoms with E-state index in [0.29, 0.717) is 19.6 Å². The molecule has 36 heavy (non-hydrogen) atoms. The fourth-order valence-electron chi connectivity index (χ4n) is 5.70. The Morgan fingerprint density at radius 3 is 2.53 bits per heavy atom. The molecule has 0 unspecified atom stereocenters. The lowest BCUT2D eigenvalue weighted by atomic mass is 9.84. The molecule has 1 saturated heterocycles. The highest BCUT2D eigenvalue weighted by atomic mass is 79.9. The maximum absolute atomic E-state index is 13.9. The molecule has 3 aliphatic rings. The summed E-state index contributed by atoms with van der Waals surface area (Å²) in [4.78, 5) is 31.8. The average Bonchev–Trinajstić information content (AvgIpc) is 3.44. The van der Waals surface area contributed by atoms with Crippen molar-refractivity contribution in [1.82, 2.24) is 14.4 Å². The van der Waals surface area contributed by atoms with Crippen LogP contribution in [0.3, 0.4) is 0 Å². The number of halogens is 1. The fraction of sp³-hybridized carbons (Fsp3) is 0.429. The molecule has 1 saturated carbocycles. The Kier molecular flexibility index (Phi) is 6.42. The molecule has 0 N–H and O–H groups in total. The van der Waals surface area contributed by atoms with Crippen molar-refractivity contribution in [2.24, 2.45) is 5.92 Å². The Morgan fingerprint density at radius 1 is 1.00 bits per heavy atom.